The fraction of sp³-hybridized carbons (Fsp3) is 0.286. The smallest absolute Gasteiger partial charge is 0.0122 e. The SMILES string of the molecule is CC(C)(C)Sc1ccc2ccccc2c1. The van der Waals surface area contributed by atoms with Crippen molar-refractivity contribution in [1.82, 2.24) is 0 Å². The van der Waals surface area contributed by atoms with Crippen LogP contribution in [-0.4, -0.2) is 4.75 Å². The molecule has 2 aromatic rings. The van der Waals surface area contributed by atoms with Crippen molar-refractivity contribution in [3.8, 4) is 0 Å². The third-order valence-corrected chi connectivity index (χ3v) is 3.25. The minimum atomic E-state index is 0.280. The molecule has 0 radical (unpaired) electrons. The lowest BCUT2D eigenvalue weighted by Gasteiger charge is -2.17. The standard InChI is InChI=1S/C14H16S/c1-14(2,3)15-13-9-8-11-6-4-5-7-12(11)10-13/h4-10H,1-3H3. The van der Waals surface area contributed by atoms with Crippen LogP contribution in [0, 0.1) is 0 Å². The molecule has 0 aliphatic carbocycles. The molecule has 0 spiro atoms. The van der Waals surface area contributed by atoms with E-state index in [1.165, 1.54) is 15.7 Å². The molecular weight excluding hydrogens is 200 g/mol. The average molecular weight is 216 g/mol. The summed E-state index contributed by atoms with van der Waals surface area (Å²) in [5.41, 5.74) is 0. The van der Waals surface area contributed by atoms with Gasteiger partial charge in [-0.25, -0.2) is 0 Å². The van der Waals surface area contributed by atoms with E-state index < -0.39 is 0 Å². The Labute approximate surface area is 95.7 Å². The first-order chi connectivity index (χ1) is 7.04. The minimum absolute atomic E-state index is 0.280. The number of hydrogen-bond acceptors (Lipinski definition) is 1. The van der Waals surface area contributed by atoms with Crippen LogP contribution < -0.4 is 0 Å². The van der Waals surface area contributed by atoms with Crippen LogP contribution in [0.5, 0.6) is 0 Å². The summed E-state index contributed by atoms with van der Waals surface area (Å²) in [6.07, 6.45) is 0. The third-order valence-electron chi connectivity index (χ3n) is 2.14. The van der Waals surface area contributed by atoms with E-state index in [1.807, 2.05) is 11.8 Å². The molecule has 0 unspecified atom stereocenters. The predicted octanol–water partition coefficient (Wildman–Crippen LogP) is 4.73. The van der Waals surface area contributed by atoms with Gasteiger partial charge in [0.2, 0.25) is 0 Å². The predicted molar refractivity (Wildman–Crippen MR) is 69.6 cm³/mol. The molecule has 0 saturated carbocycles. The number of rotatable bonds is 1. The number of benzene rings is 2. The molecule has 0 aliphatic heterocycles. The highest BCUT2D eigenvalue weighted by atomic mass is 32.2. The molecule has 0 atom stereocenters. The highest BCUT2D eigenvalue weighted by Gasteiger charge is 2.11. The lowest BCUT2D eigenvalue weighted by molar-refractivity contribution is 0.803. The Morgan fingerprint density at radius 2 is 1.53 bits per heavy atom. The molecule has 0 aliphatic rings. The van der Waals surface area contributed by atoms with Crippen LogP contribution in [0.1, 0.15) is 20.8 Å². The van der Waals surface area contributed by atoms with E-state index in [0.717, 1.165) is 0 Å². The van der Waals surface area contributed by atoms with Crippen molar-refractivity contribution >= 4 is 22.5 Å². The Kier molecular flexibility index (Phi) is 2.74. The van der Waals surface area contributed by atoms with Gasteiger partial charge in [0.1, 0.15) is 0 Å². The van der Waals surface area contributed by atoms with E-state index in [2.05, 4.69) is 63.2 Å². The maximum absolute atomic E-state index is 2.27. The topological polar surface area (TPSA) is 0 Å². The zero-order valence-corrected chi connectivity index (χ0v) is 10.3. The molecular formula is C14H16S. The highest BCUT2D eigenvalue weighted by molar-refractivity contribution is 8.00. The summed E-state index contributed by atoms with van der Waals surface area (Å²) in [4.78, 5) is 1.35. The second-order valence-electron chi connectivity index (χ2n) is 4.72. The van der Waals surface area contributed by atoms with Gasteiger partial charge >= 0.3 is 0 Å². The molecule has 78 valence electrons. The molecule has 1 heteroatoms. The summed E-state index contributed by atoms with van der Waals surface area (Å²) in [5, 5.41) is 2.64. The highest BCUT2D eigenvalue weighted by Crippen LogP contribution is 2.33. The lowest BCUT2D eigenvalue weighted by atomic mass is 10.1. The average Bonchev–Trinajstić information content (AvgIpc) is 2.15. The second-order valence-corrected chi connectivity index (χ2v) is 6.62. The van der Waals surface area contributed by atoms with Gasteiger partial charge in [-0.3, -0.25) is 0 Å². The van der Waals surface area contributed by atoms with Gasteiger partial charge in [-0.1, -0.05) is 51.1 Å². The summed E-state index contributed by atoms with van der Waals surface area (Å²) >= 11 is 1.92. The van der Waals surface area contributed by atoms with Gasteiger partial charge in [-0.2, -0.15) is 0 Å². The third kappa shape index (κ3) is 2.75. The Morgan fingerprint density at radius 1 is 0.867 bits per heavy atom. The molecule has 0 nitrogen and oxygen atoms in total. The number of hydrogen-bond donors (Lipinski definition) is 0. The molecule has 0 N–H and O–H groups in total. The molecule has 0 fully saturated rings. The van der Waals surface area contributed by atoms with Gasteiger partial charge in [-0.15, -0.1) is 11.8 Å². The molecule has 2 aromatic carbocycles. The van der Waals surface area contributed by atoms with Crippen molar-refractivity contribution in [3.63, 3.8) is 0 Å². The van der Waals surface area contributed by atoms with Crippen LogP contribution in [-0.2, 0) is 0 Å². The van der Waals surface area contributed by atoms with E-state index >= 15 is 0 Å². The largest absolute Gasteiger partial charge is 0.120 e. The number of fused-ring (bicyclic) bond motifs is 1. The summed E-state index contributed by atoms with van der Waals surface area (Å²) in [6.45, 7) is 6.73. The van der Waals surface area contributed by atoms with Crippen LogP contribution >= 0.6 is 11.8 Å². The molecule has 15 heavy (non-hydrogen) atoms. The van der Waals surface area contributed by atoms with Crippen molar-refractivity contribution in [2.45, 2.75) is 30.4 Å². The van der Waals surface area contributed by atoms with E-state index in [9.17, 15) is 0 Å². The first-order valence-electron chi connectivity index (χ1n) is 5.22. The molecule has 2 rings (SSSR count). The monoisotopic (exact) mass is 216 g/mol. The molecule has 0 heterocycles. The quantitative estimate of drug-likeness (QED) is 0.621. The number of thioether (sulfide) groups is 1. The van der Waals surface area contributed by atoms with Crippen LogP contribution in [0.3, 0.4) is 0 Å². The molecule has 0 bridgehead atoms. The van der Waals surface area contributed by atoms with Crippen molar-refractivity contribution in [3.05, 3.63) is 42.5 Å². The minimum Gasteiger partial charge on any atom is -0.120 e. The van der Waals surface area contributed by atoms with Gasteiger partial charge in [0.25, 0.3) is 0 Å². The zero-order chi connectivity index (χ0) is 10.9. The van der Waals surface area contributed by atoms with Crippen LogP contribution in [0.2, 0.25) is 0 Å². The van der Waals surface area contributed by atoms with Crippen molar-refractivity contribution < 1.29 is 0 Å². The maximum atomic E-state index is 2.27. The summed E-state index contributed by atoms with van der Waals surface area (Å²) in [7, 11) is 0. The Bertz CT molecular complexity index is 466. The normalized spacial score (nSPS) is 11.9. The van der Waals surface area contributed by atoms with Crippen LogP contribution in [0.15, 0.2) is 47.4 Å². The van der Waals surface area contributed by atoms with Gasteiger partial charge in [0, 0.05) is 9.64 Å². The zero-order valence-electron chi connectivity index (χ0n) is 9.45. The Balaban J connectivity index is 2.39. The van der Waals surface area contributed by atoms with Crippen molar-refractivity contribution in [1.29, 1.82) is 0 Å². The van der Waals surface area contributed by atoms with Crippen molar-refractivity contribution in [2.24, 2.45) is 0 Å². The second kappa shape index (κ2) is 3.90. The summed E-state index contributed by atoms with van der Waals surface area (Å²) in [5.74, 6) is 0. The molecule has 0 aromatic heterocycles. The van der Waals surface area contributed by atoms with E-state index in [0.29, 0.717) is 0 Å². The van der Waals surface area contributed by atoms with Crippen LogP contribution in [0.4, 0.5) is 0 Å². The van der Waals surface area contributed by atoms with E-state index in [-0.39, 0.29) is 4.75 Å². The van der Waals surface area contributed by atoms with Gasteiger partial charge in [-0.05, 0) is 22.9 Å². The Hall–Kier alpha value is -0.950. The molecule has 0 saturated heterocycles. The lowest BCUT2D eigenvalue weighted by Crippen LogP contribution is -2.06. The van der Waals surface area contributed by atoms with Gasteiger partial charge in [0.05, 0.1) is 0 Å². The van der Waals surface area contributed by atoms with Crippen LogP contribution in [0.25, 0.3) is 10.8 Å². The summed E-state index contributed by atoms with van der Waals surface area (Å²) < 4.78 is 0.280. The summed E-state index contributed by atoms with van der Waals surface area (Å²) in [6, 6.07) is 15.2. The fourth-order valence-corrected chi connectivity index (χ4v) is 2.61. The van der Waals surface area contributed by atoms with Crippen molar-refractivity contribution in [2.75, 3.05) is 0 Å². The van der Waals surface area contributed by atoms with Gasteiger partial charge in [0.15, 0.2) is 0 Å². The van der Waals surface area contributed by atoms with Gasteiger partial charge < -0.3 is 0 Å². The fourth-order valence-electron chi connectivity index (χ4n) is 1.58. The van der Waals surface area contributed by atoms with E-state index in [4.69, 9.17) is 0 Å². The molecule has 0 amide bonds. The first-order valence-corrected chi connectivity index (χ1v) is 6.04. The first kappa shape index (κ1) is 10.6. The maximum Gasteiger partial charge on any atom is 0.0122 e. The Morgan fingerprint density at radius 3 is 2.20 bits per heavy atom. The van der Waals surface area contributed by atoms with E-state index in [1.54, 1.807) is 0 Å².